The summed E-state index contributed by atoms with van der Waals surface area (Å²) in [7, 11) is 0. The Hall–Kier alpha value is -2.17. The largest absolute Gasteiger partial charge is 0.370 e. The van der Waals surface area contributed by atoms with Crippen molar-refractivity contribution in [2.75, 3.05) is 17.2 Å². The Balaban J connectivity index is 2.34. The molecule has 1 heterocycles. The highest BCUT2D eigenvalue weighted by atomic mass is 19.1. The number of hydrogen-bond donors (Lipinski definition) is 2. The van der Waals surface area contributed by atoms with Gasteiger partial charge in [0.15, 0.2) is 0 Å². The lowest BCUT2D eigenvalue weighted by Crippen LogP contribution is -2.09. The van der Waals surface area contributed by atoms with Gasteiger partial charge in [-0.2, -0.15) is 0 Å². The van der Waals surface area contributed by atoms with Gasteiger partial charge < -0.3 is 10.6 Å². The summed E-state index contributed by atoms with van der Waals surface area (Å²) in [5.74, 6) is 2.11. The summed E-state index contributed by atoms with van der Waals surface area (Å²) >= 11 is 0. The van der Waals surface area contributed by atoms with Crippen molar-refractivity contribution in [1.29, 1.82) is 0 Å². The molecule has 0 saturated carbocycles. The summed E-state index contributed by atoms with van der Waals surface area (Å²) in [4.78, 5) is 8.97. The molecule has 0 amide bonds. The molecule has 0 aliphatic rings. The third kappa shape index (κ3) is 3.23. The number of halogens is 1. The second-order valence-corrected chi connectivity index (χ2v) is 4.48. The van der Waals surface area contributed by atoms with E-state index in [1.165, 1.54) is 12.1 Å². The van der Waals surface area contributed by atoms with Gasteiger partial charge in [0.1, 0.15) is 23.3 Å². The van der Waals surface area contributed by atoms with E-state index < -0.39 is 0 Å². The van der Waals surface area contributed by atoms with Gasteiger partial charge >= 0.3 is 0 Å². The van der Waals surface area contributed by atoms with Gasteiger partial charge in [0.05, 0.1) is 0 Å². The Morgan fingerprint density at radius 1 is 1.05 bits per heavy atom. The molecule has 0 fully saturated rings. The van der Waals surface area contributed by atoms with Crippen molar-refractivity contribution in [1.82, 2.24) is 9.97 Å². The minimum Gasteiger partial charge on any atom is -0.370 e. The number of nitrogens with one attached hydrogen (secondary N) is 2. The predicted molar refractivity (Wildman–Crippen MR) is 80.0 cm³/mol. The van der Waals surface area contributed by atoms with E-state index in [-0.39, 0.29) is 5.82 Å². The number of anilines is 3. The van der Waals surface area contributed by atoms with Crippen LogP contribution in [0.15, 0.2) is 24.3 Å². The highest BCUT2D eigenvalue weighted by Crippen LogP contribution is 2.23. The van der Waals surface area contributed by atoms with Crippen LogP contribution >= 0.6 is 0 Å². The lowest BCUT2D eigenvalue weighted by atomic mass is 10.2. The molecule has 0 radical (unpaired) electrons. The highest BCUT2D eigenvalue weighted by molar-refractivity contribution is 5.64. The molecule has 106 valence electrons. The van der Waals surface area contributed by atoms with Crippen LogP contribution in [0, 0.1) is 12.7 Å². The molecule has 0 aliphatic carbocycles. The topological polar surface area (TPSA) is 49.8 Å². The average Bonchev–Trinajstić information content (AvgIpc) is 2.45. The molecule has 0 bridgehead atoms. The minimum atomic E-state index is -0.252. The fraction of sp³-hybridized carbons (Fsp3) is 0.333. The van der Waals surface area contributed by atoms with E-state index >= 15 is 0 Å². The summed E-state index contributed by atoms with van der Waals surface area (Å²) in [5.41, 5.74) is 1.76. The first kappa shape index (κ1) is 14.2. The van der Waals surface area contributed by atoms with Gasteiger partial charge in [-0.1, -0.05) is 6.92 Å². The maximum absolute atomic E-state index is 12.9. The fourth-order valence-corrected chi connectivity index (χ4v) is 1.85. The standard InChI is InChI=1S/C15H19FN4/c1-4-13-19-14(17-5-2)10(3)15(20-13)18-12-8-6-11(16)7-9-12/h6-9H,4-5H2,1-3H3,(H2,17,18,19,20). The Morgan fingerprint density at radius 2 is 1.70 bits per heavy atom. The Kier molecular flexibility index (Phi) is 4.50. The number of nitrogens with zero attached hydrogens (tertiary/aromatic N) is 2. The summed E-state index contributed by atoms with van der Waals surface area (Å²) in [5, 5.41) is 6.45. The van der Waals surface area contributed by atoms with Crippen LogP contribution in [0.25, 0.3) is 0 Å². The van der Waals surface area contributed by atoms with Crippen LogP contribution in [0.4, 0.5) is 21.7 Å². The van der Waals surface area contributed by atoms with Crippen LogP contribution in [0.1, 0.15) is 25.2 Å². The van der Waals surface area contributed by atoms with Gasteiger partial charge in [-0.15, -0.1) is 0 Å². The second kappa shape index (κ2) is 6.32. The first-order valence-corrected chi connectivity index (χ1v) is 6.78. The van der Waals surface area contributed by atoms with Crippen LogP contribution in [0.2, 0.25) is 0 Å². The number of aryl methyl sites for hydroxylation is 1. The van der Waals surface area contributed by atoms with Crippen molar-refractivity contribution in [2.24, 2.45) is 0 Å². The quantitative estimate of drug-likeness (QED) is 0.873. The average molecular weight is 274 g/mol. The molecule has 0 saturated heterocycles. The maximum atomic E-state index is 12.9. The number of aromatic nitrogens is 2. The lowest BCUT2D eigenvalue weighted by molar-refractivity contribution is 0.628. The molecule has 20 heavy (non-hydrogen) atoms. The summed E-state index contributed by atoms with van der Waals surface area (Å²) < 4.78 is 12.9. The van der Waals surface area contributed by atoms with E-state index in [0.29, 0.717) is 0 Å². The third-order valence-electron chi connectivity index (χ3n) is 2.96. The van der Waals surface area contributed by atoms with E-state index in [4.69, 9.17) is 0 Å². The van der Waals surface area contributed by atoms with Crippen LogP contribution in [-0.4, -0.2) is 16.5 Å². The predicted octanol–water partition coefficient (Wildman–Crippen LogP) is 3.66. The van der Waals surface area contributed by atoms with Gasteiger partial charge in [0, 0.05) is 24.2 Å². The van der Waals surface area contributed by atoms with Crippen molar-refractivity contribution in [3.05, 3.63) is 41.5 Å². The van der Waals surface area contributed by atoms with Crippen LogP contribution in [-0.2, 0) is 6.42 Å². The van der Waals surface area contributed by atoms with Gasteiger partial charge in [0.2, 0.25) is 0 Å². The smallest absolute Gasteiger partial charge is 0.139 e. The maximum Gasteiger partial charge on any atom is 0.139 e. The summed E-state index contributed by atoms with van der Waals surface area (Å²) in [6.45, 7) is 6.81. The number of rotatable bonds is 5. The van der Waals surface area contributed by atoms with Crippen molar-refractivity contribution < 1.29 is 4.39 Å². The molecule has 2 rings (SSSR count). The Morgan fingerprint density at radius 3 is 2.30 bits per heavy atom. The van der Waals surface area contributed by atoms with E-state index in [0.717, 1.165) is 41.7 Å². The Labute approximate surface area is 118 Å². The van der Waals surface area contributed by atoms with E-state index in [9.17, 15) is 4.39 Å². The first-order valence-electron chi connectivity index (χ1n) is 6.78. The molecule has 0 unspecified atom stereocenters. The van der Waals surface area contributed by atoms with Crippen LogP contribution < -0.4 is 10.6 Å². The van der Waals surface area contributed by atoms with E-state index in [1.54, 1.807) is 12.1 Å². The van der Waals surface area contributed by atoms with Crippen molar-refractivity contribution in [3.63, 3.8) is 0 Å². The van der Waals surface area contributed by atoms with Crippen molar-refractivity contribution in [2.45, 2.75) is 27.2 Å². The molecule has 2 N–H and O–H groups in total. The number of benzene rings is 1. The monoisotopic (exact) mass is 274 g/mol. The van der Waals surface area contributed by atoms with E-state index in [2.05, 4.69) is 20.6 Å². The number of hydrogen-bond acceptors (Lipinski definition) is 4. The van der Waals surface area contributed by atoms with Gasteiger partial charge in [-0.25, -0.2) is 14.4 Å². The van der Waals surface area contributed by atoms with Crippen molar-refractivity contribution in [3.8, 4) is 0 Å². The van der Waals surface area contributed by atoms with Gasteiger partial charge in [-0.3, -0.25) is 0 Å². The molecule has 5 heteroatoms. The third-order valence-corrected chi connectivity index (χ3v) is 2.96. The normalized spacial score (nSPS) is 10.4. The molecule has 0 spiro atoms. The molecule has 1 aromatic carbocycles. The van der Waals surface area contributed by atoms with Gasteiger partial charge in [-0.05, 0) is 38.1 Å². The molecular weight excluding hydrogens is 255 g/mol. The molecule has 2 aromatic rings. The van der Waals surface area contributed by atoms with Crippen LogP contribution in [0.3, 0.4) is 0 Å². The molecule has 0 atom stereocenters. The van der Waals surface area contributed by atoms with Gasteiger partial charge in [0.25, 0.3) is 0 Å². The SMILES string of the molecule is CCNc1nc(CC)nc(Nc2ccc(F)cc2)c1C. The molecule has 1 aromatic heterocycles. The zero-order chi connectivity index (χ0) is 14.5. The highest BCUT2D eigenvalue weighted by Gasteiger charge is 2.10. The summed E-state index contributed by atoms with van der Waals surface area (Å²) in [6, 6.07) is 6.22. The zero-order valence-electron chi connectivity index (χ0n) is 12.0. The van der Waals surface area contributed by atoms with E-state index in [1.807, 2.05) is 20.8 Å². The molecular formula is C15H19FN4. The Bertz CT molecular complexity index is 581. The first-order chi connectivity index (χ1) is 9.63. The zero-order valence-corrected chi connectivity index (χ0v) is 12.0. The van der Waals surface area contributed by atoms with Crippen LogP contribution in [0.5, 0.6) is 0 Å². The molecule has 4 nitrogen and oxygen atoms in total. The fourth-order valence-electron chi connectivity index (χ4n) is 1.85. The molecule has 0 aliphatic heterocycles. The minimum absolute atomic E-state index is 0.252. The lowest BCUT2D eigenvalue weighted by Gasteiger charge is -2.14. The van der Waals surface area contributed by atoms with Crippen molar-refractivity contribution >= 4 is 17.3 Å². The second-order valence-electron chi connectivity index (χ2n) is 4.48. The summed E-state index contributed by atoms with van der Waals surface area (Å²) in [6.07, 6.45) is 0.761.